The molecule has 0 saturated heterocycles. The minimum absolute atomic E-state index is 0.0515. The van der Waals surface area contributed by atoms with Crippen molar-refractivity contribution in [1.29, 1.82) is 0 Å². The third kappa shape index (κ3) is 3.56. The second-order valence-corrected chi connectivity index (χ2v) is 10.9. The smallest absolute Gasteiger partial charge is 0.260 e. The molecular weight excluding hydrogens is 500 g/mol. The Morgan fingerprint density at radius 2 is 1.87 bits per heavy atom. The summed E-state index contributed by atoms with van der Waals surface area (Å²) < 4.78 is 5.91. The highest BCUT2D eigenvalue weighted by Gasteiger charge is 2.25. The van der Waals surface area contributed by atoms with Crippen LogP contribution in [-0.2, 0) is 26.2 Å². The van der Waals surface area contributed by atoms with Crippen LogP contribution in [0, 0.1) is 6.92 Å². The first kappa shape index (κ1) is 23.4. The van der Waals surface area contributed by atoms with Crippen molar-refractivity contribution in [2.75, 3.05) is 18.9 Å². The predicted molar refractivity (Wildman–Crippen MR) is 150 cm³/mol. The Balaban J connectivity index is 1.37. The van der Waals surface area contributed by atoms with Crippen molar-refractivity contribution < 1.29 is 0 Å². The molecule has 0 bridgehead atoms. The van der Waals surface area contributed by atoms with Crippen molar-refractivity contribution in [3.05, 3.63) is 69.0 Å². The molecule has 1 aromatic carbocycles. The number of aromatic nitrogens is 6. The Bertz CT molecular complexity index is 1800. The Hall–Kier alpha value is -3.69. The Morgan fingerprint density at radius 3 is 2.74 bits per heavy atom. The summed E-state index contributed by atoms with van der Waals surface area (Å²) in [6, 6.07) is 7.86. The highest BCUT2D eigenvalue weighted by Crippen LogP contribution is 2.37. The van der Waals surface area contributed by atoms with Crippen LogP contribution in [0.5, 0.6) is 0 Å². The predicted octanol–water partition coefficient (Wildman–Crippen LogP) is 4.59. The number of aryl methyl sites for hydroxylation is 3. The molecule has 194 valence electrons. The van der Waals surface area contributed by atoms with Crippen LogP contribution in [0.25, 0.3) is 33.1 Å². The highest BCUT2D eigenvalue weighted by atomic mass is 35.5. The number of hydrogen-bond acceptors (Lipinski definition) is 6. The summed E-state index contributed by atoms with van der Waals surface area (Å²) in [6.07, 6.45) is 4.71. The summed E-state index contributed by atoms with van der Waals surface area (Å²) in [7, 11) is 2.12. The van der Waals surface area contributed by atoms with Crippen molar-refractivity contribution in [3.8, 4) is 11.3 Å². The molecule has 0 amide bonds. The fourth-order valence-electron chi connectivity index (χ4n) is 6.09. The second-order valence-electron chi connectivity index (χ2n) is 10.6. The zero-order valence-corrected chi connectivity index (χ0v) is 22.5. The lowest BCUT2D eigenvalue weighted by Crippen LogP contribution is -2.30. The zero-order chi connectivity index (χ0) is 26.1. The largest absolute Gasteiger partial charge is 0.377 e. The maximum absolute atomic E-state index is 13.6. The van der Waals surface area contributed by atoms with E-state index in [1.165, 1.54) is 0 Å². The third-order valence-electron chi connectivity index (χ3n) is 7.89. The van der Waals surface area contributed by atoms with E-state index in [4.69, 9.17) is 16.6 Å². The molecule has 7 rings (SSSR count). The molecule has 0 fully saturated rings. The van der Waals surface area contributed by atoms with Gasteiger partial charge < -0.3 is 5.32 Å². The number of halogens is 1. The van der Waals surface area contributed by atoms with Gasteiger partial charge in [0.2, 0.25) is 0 Å². The average Bonchev–Trinajstić information content (AvgIpc) is 3.52. The molecule has 1 N–H and O–H groups in total. The van der Waals surface area contributed by atoms with Gasteiger partial charge in [-0.3, -0.25) is 18.9 Å². The van der Waals surface area contributed by atoms with E-state index in [1.54, 1.807) is 0 Å². The summed E-state index contributed by atoms with van der Waals surface area (Å²) in [4.78, 5) is 20.6. The van der Waals surface area contributed by atoms with Crippen LogP contribution >= 0.6 is 11.6 Å². The quantitative estimate of drug-likeness (QED) is 0.343. The molecule has 0 aliphatic carbocycles. The number of nitrogens with one attached hydrogen (secondary N) is 1. The highest BCUT2D eigenvalue weighted by molar-refractivity contribution is 6.29. The van der Waals surface area contributed by atoms with Gasteiger partial charge in [0.1, 0.15) is 10.8 Å². The van der Waals surface area contributed by atoms with Crippen LogP contribution in [0.2, 0.25) is 5.15 Å². The SMILES string of the molecule is Cc1cc(C(C)Nc2ccc(Cl)nc2-c2cnn3c2CN(C)CC3)c2c(c1)c(=O)n1c3c2cnn3CCC1. The summed E-state index contributed by atoms with van der Waals surface area (Å²) in [5.74, 6) is 0. The number of hydrogen-bond donors (Lipinski definition) is 1. The molecule has 0 saturated carbocycles. The van der Waals surface area contributed by atoms with Gasteiger partial charge in [-0.1, -0.05) is 17.7 Å². The maximum Gasteiger partial charge on any atom is 0.260 e. The van der Waals surface area contributed by atoms with E-state index in [9.17, 15) is 4.79 Å². The first-order valence-corrected chi connectivity index (χ1v) is 13.5. The summed E-state index contributed by atoms with van der Waals surface area (Å²) >= 11 is 6.39. The van der Waals surface area contributed by atoms with Crippen LogP contribution in [-0.4, -0.2) is 47.6 Å². The fourth-order valence-corrected chi connectivity index (χ4v) is 6.24. The van der Waals surface area contributed by atoms with E-state index in [0.717, 1.165) is 94.7 Å². The van der Waals surface area contributed by atoms with Crippen LogP contribution in [0.3, 0.4) is 0 Å². The number of likely N-dealkylation sites (N-methyl/N-ethyl adjacent to an activating group) is 1. The van der Waals surface area contributed by atoms with Crippen LogP contribution in [0.4, 0.5) is 5.69 Å². The number of nitrogens with zero attached hydrogens (tertiary/aromatic N) is 7. The van der Waals surface area contributed by atoms with E-state index in [1.807, 2.05) is 46.8 Å². The molecule has 9 nitrogen and oxygen atoms in total. The molecule has 4 aromatic heterocycles. The van der Waals surface area contributed by atoms with Crippen LogP contribution in [0.1, 0.15) is 36.2 Å². The van der Waals surface area contributed by atoms with Gasteiger partial charge in [-0.2, -0.15) is 10.2 Å². The molecule has 2 aliphatic rings. The van der Waals surface area contributed by atoms with Crippen molar-refractivity contribution in [1.82, 2.24) is 34.0 Å². The lowest BCUT2D eigenvalue weighted by atomic mass is 9.95. The fraction of sp³-hybridized carbons (Fsp3) is 0.357. The minimum atomic E-state index is -0.113. The zero-order valence-electron chi connectivity index (χ0n) is 21.7. The van der Waals surface area contributed by atoms with Crippen molar-refractivity contribution >= 4 is 39.1 Å². The molecule has 5 aromatic rings. The number of anilines is 1. The Kier molecular flexibility index (Phi) is 5.35. The Labute approximate surface area is 224 Å². The molecule has 1 unspecified atom stereocenters. The average molecular weight is 529 g/mol. The van der Waals surface area contributed by atoms with E-state index >= 15 is 0 Å². The first-order chi connectivity index (χ1) is 18.4. The summed E-state index contributed by atoms with van der Waals surface area (Å²) in [6.45, 7) is 8.34. The van der Waals surface area contributed by atoms with Gasteiger partial charge in [-0.15, -0.1) is 0 Å². The molecule has 1 atom stereocenters. The van der Waals surface area contributed by atoms with Gasteiger partial charge in [0.25, 0.3) is 5.56 Å². The van der Waals surface area contributed by atoms with Crippen molar-refractivity contribution in [2.45, 2.75) is 52.5 Å². The molecule has 0 spiro atoms. The minimum Gasteiger partial charge on any atom is -0.377 e. The topological polar surface area (TPSA) is 85.8 Å². The first-order valence-electron chi connectivity index (χ1n) is 13.1. The van der Waals surface area contributed by atoms with Gasteiger partial charge in [0.15, 0.2) is 0 Å². The van der Waals surface area contributed by atoms with Gasteiger partial charge in [-0.25, -0.2) is 9.67 Å². The van der Waals surface area contributed by atoms with Gasteiger partial charge in [0.05, 0.1) is 36.0 Å². The standard InChI is InChI=1S/C28H29ClN8O/c1-16-11-18(25-19(12-16)28(38)35-7-4-8-37-27(35)21(25)14-31-37)17(2)32-22-5-6-24(29)33-26(22)20-13-30-36-10-9-34(3)15-23(20)36/h5-6,11-14,17,32H,4,7-10,15H2,1-3H3. The van der Waals surface area contributed by atoms with E-state index in [0.29, 0.717) is 5.15 Å². The molecule has 2 aliphatic heterocycles. The number of benzene rings is 1. The normalized spacial score (nSPS) is 16.2. The van der Waals surface area contributed by atoms with Crippen LogP contribution in [0.15, 0.2) is 41.5 Å². The lowest BCUT2D eigenvalue weighted by Gasteiger charge is -2.25. The number of fused-ring (bicyclic) bond motifs is 3. The molecule has 10 heteroatoms. The van der Waals surface area contributed by atoms with Crippen molar-refractivity contribution in [2.24, 2.45) is 0 Å². The summed E-state index contributed by atoms with van der Waals surface area (Å²) in [5, 5.41) is 16.1. The van der Waals surface area contributed by atoms with Gasteiger partial charge in [0, 0.05) is 53.9 Å². The maximum atomic E-state index is 13.6. The molecule has 0 radical (unpaired) electrons. The Morgan fingerprint density at radius 1 is 1.03 bits per heavy atom. The molecule has 6 heterocycles. The number of pyridine rings is 2. The van der Waals surface area contributed by atoms with Gasteiger partial charge >= 0.3 is 0 Å². The third-order valence-corrected chi connectivity index (χ3v) is 8.10. The molecule has 38 heavy (non-hydrogen) atoms. The molecular formula is C28H29ClN8O. The van der Waals surface area contributed by atoms with Crippen molar-refractivity contribution in [3.63, 3.8) is 0 Å². The van der Waals surface area contributed by atoms with Crippen LogP contribution < -0.4 is 10.9 Å². The summed E-state index contributed by atoms with van der Waals surface area (Å²) in [5.41, 5.74) is 6.86. The lowest BCUT2D eigenvalue weighted by molar-refractivity contribution is 0.259. The van der Waals surface area contributed by atoms with E-state index < -0.39 is 0 Å². The second kappa shape index (κ2) is 8.68. The van der Waals surface area contributed by atoms with Gasteiger partial charge in [-0.05, 0) is 56.6 Å². The van der Waals surface area contributed by atoms with E-state index in [-0.39, 0.29) is 11.6 Å². The number of rotatable bonds is 4. The monoisotopic (exact) mass is 528 g/mol. The van der Waals surface area contributed by atoms with E-state index in [2.05, 4.69) is 45.1 Å².